The van der Waals surface area contributed by atoms with E-state index in [1.807, 2.05) is 0 Å². The molecule has 0 rings (SSSR count). The molecule has 0 saturated heterocycles. The van der Waals surface area contributed by atoms with E-state index in [4.69, 9.17) is 0 Å². The fraction of sp³-hybridized carbons (Fsp3) is 0.914. The Morgan fingerprint density at radius 1 is 0.397 bits per heavy atom. The van der Waals surface area contributed by atoms with Gasteiger partial charge in [-0.2, -0.15) is 0 Å². The summed E-state index contributed by atoms with van der Waals surface area (Å²) in [6, 6.07) is -0.809. The third-order valence-corrected chi connectivity index (χ3v) is 13.6. The zero-order chi connectivity index (χ0) is 45.8. The van der Waals surface area contributed by atoms with Gasteiger partial charge in [-0.3, -0.25) is 4.79 Å². The van der Waals surface area contributed by atoms with E-state index in [1.165, 1.54) is 250 Å². The molecule has 1 amide bonds. The van der Waals surface area contributed by atoms with E-state index in [0.29, 0.717) is 12.8 Å². The van der Waals surface area contributed by atoms with E-state index in [0.717, 1.165) is 38.5 Å². The molecule has 63 heavy (non-hydrogen) atoms. The van der Waals surface area contributed by atoms with Crippen molar-refractivity contribution in [2.24, 2.45) is 0 Å². The normalized spacial score (nSPS) is 13.4. The van der Waals surface area contributed by atoms with Crippen molar-refractivity contribution in [1.29, 1.82) is 0 Å². The molecule has 374 valence electrons. The predicted octanol–water partition coefficient (Wildman–Crippen LogP) is 17.7. The van der Waals surface area contributed by atoms with E-state index in [2.05, 4.69) is 43.5 Å². The third-order valence-electron chi connectivity index (χ3n) is 13.6. The molecule has 3 unspecified atom stereocenters. The highest BCUT2D eigenvalue weighted by atomic mass is 16.3. The average Bonchev–Trinajstić information content (AvgIpc) is 3.29. The minimum absolute atomic E-state index is 0.141. The van der Waals surface area contributed by atoms with Crippen molar-refractivity contribution in [3.05, 3.63) is 24.3 Å². The van der Waals surface area contributed by atoms with Crippen LogP contribution in [-0.4, -0.2) is 46.1 Å². The van der Waals surface area contributed by atoms with Crippen molar-refractivity contribution in [3.8, 4) is 0 Å². The Hall–Kier alpha value is -1.17. The predicted molar refractivity (Wildman–Crippen MR) is 278 cm³/mol. The van der Waals surface area contributed by atoms with Crippen LogP contribution in [-0.2, 0) is 4.79 Å². The van der Waals surface area contributed by atoms with Crippen LogP contribution in [0.25, 0.3) is 0 Å². The van der Waals surface area contributed by atoms with Gasteiger partial charge < -0.3 is 20.6 Å². The van der Waals surface area contributed by atoms with E-state index >= 15 is 0 Å². The van der Waals surface area contributed by atoms with Crippen LogP contribution in [0.1, 0.15) is 316 Å². The molecule has 0 heterocycles. The maximum atomic E-state index is 12.5. The molecule has 0 aromatic heterocycles. The summed E-state index contributed by atoms with van der Waals surface area (Å²) in [6.45, 7) is 4.21. The number of amides is 1. The second kappa shape index (κ2) is 53.4. The Kier molecular flexibility index (Phi) is 52.5. The van der Waals surface area contributed by atoms with Crippen molar-refractivity contribution in [2.45, 2.75) is 334 Å². The Balaban J connectivity index is 3.52. The first-order chi connectivity index (χ1) is 31.1. The maximum Gasteiger partial charge on any atom is 0.220 e. The minimum Gasteiger partial charge on any atom is -0.394 e. The molecular formula is C58H113NO4. The number of unbranched alkanes of at least 4 members (excludes halogenated alkanes) is 41. The van der Waals surface area contributed by atoms with Gasteiger partial charge in [-0.05, 0) is 44.9 Å². The number of aliphatic hydroxyl groups is 3. The molecule has 3 atom stereocenters. The van der Waals surface area contributed by atoms with Crippen LogP contribution in [0.3, 0.4) is 0 Å². The highest BCUT2D eigenvalue weighted by Crippen LogP contribution is 2.18. The van der Waals surface area contributed by atoms with Gasteiger partial charge in [-0.25, -0.2) is 0 Å². The zero-order valence-electron chi connectivity index (χ0n) is 42.7. The summed E-state index contributed by atoms with van der Waals surface area (Å²) in [4.78, 5) is 12.5. The van der Waals surface area contributed by atoms with Crippen LogP contribution in [0, 0.1) is 0 Å². The van der Waals surface area contributed by atoms with Crippen LogP contribution >= 0.6 is 0 Å². The summed E-state index contributed by atoms with van der Waals surface area (Å²) in [6.07, 6.45) is 67.6. The molecule has 5 heteroatoms. The molecule has 0 aliphatic rings. The van der Waals surface area contributed by atoms with Gasteiger partial charge in [0.1, 0.15) is 6.10 Å². The van der Waals surface area contributed by atoms with Crippen LogP contribution < -0.4 is 5.32 Å². The molecule has 0 radical (unpaired) electrons. The number of aliphatic hydroxyl groups excluding tert-OH is 3. The lowest BCUT2D eigenvalue weighted by molar-refractivity contribution is -0.124. The largest absolute Gasteiger partial charge is 0.394 e. The summed E-state index contributed by atoms with van der Waals surface area (Å²) in [5.41, 5.74) is 0. The quantitative estimate of drug-likeness (QED) is 0.0362. The molecule has 0 fully saturated rings. The Bertz CT molecular complexity index is 936. The van der Waals surface area contributed by atoms with E-state index in [9.17, 15) is 20.1 Å². The zero-order valence-corrected chi connectivity index (χ0v) is 42.7. The lowest BCUT2D eigenvalue weighted by Gasteiger charge is -2.26. The number of hydrogen-bond donors (Lipinski definition) is 4. The first kappa shape index (κ1) is 61.8. The lowest BCUT2D eigenvalue weighted by Crippen LogP contribution is -2.50. The number of nitrogens with one attached hydrogen (secondary N) is 1. The van der Waals surface area contributed by atoms with Crippen molar-refractivity contribution >= 4 is 5.91 Å². The lowest BCUT2D eigenvalue weighted by atomic mass is 9.99. The molecule has 4 N–H and O–H groups in total. The number of allylic oxidation sites excluding steroid dienone is 4. The summed E-state index contributed by atoms with van der Waals surface area (Å²) in [7, 11) is 0. The first-order valence-corrected chi connectivity index (χ1v) is 28.6. The van der Waals surface area contributed by atoms with Gasteiger partial charge in [0.05, 0.1) is 18.8 Å². The van der Waals surface area contributed by atoms with E-state index < -0.39 is 18.2 Å². The highest BCUT2D eigenvalue weighted by molar-refractivity contribution is 5.76. The van der Waals surface area contributed by atoms with Crippen LogP contribution in [0.2, 0.25) is 0 Å². The average molecular weight is 889 g/mol. The highest BCUT2D eigenvalue weighted by Gasteiger charge is 2.26. The number of carbonyl (C=O) groups excluding carboxylic acids is 1. The second-order valence-corrected chi connectivity index (χ2v) is 19.9. The Labute approximate surface area is 394 Å². The molecule has 0 aromatic rings. The molecular weight excluding hydrogens is 775 g/mol. The van der Waals surface area contributed by atoms with E-state index in [-0.39, 0.29) is 12.5 Å². The molecule has 0 bridgehead atoms. The monoisotopic (exact) mass is 888 g/mol. The van der Waals surface area contributed by atoms with Gasteiger partial charge in [-0.15, -0.1) is 0 Å². The molecule has 0 aliphatic carbocycles. The van der Waals surface area contributed by atoms with Gasteiger partial charge >= 0.3 is 0 Å². The smallest absolute Gasteiger partial charge is 0.220 e. The Morgan fingerprint density at radius 3 is 1.00 bits per heavy atom. The topological polar surface area (TPSA) is 89.8 Å². The van der Waals surface area contributed by atoms with Crippen LogP contribution in [0.15, 0.2) is 24.3 Å². The first-order valence-electron chi connectivity index (χ1n) is 28.6. The van der Waals surface area contributed by atoms with Gasteiger partial charge in [0.2, 0.25) is 5.91 Å². The number of rotatable bonds is 53. The second-order valence-electron chi connectivity index (χ2n) is 19.9. The van der Waals surface area contributed by atoms with Crippen molar-refractivity contribution in [1.82, 2.24) is 5.32 Å². The Morgan fingerprint density at radius 2 is 0.683 bits per heavy atom. The molecule has 0 saturated carbocycles. The molecule has 0 aliphatic heterocycles. The van der Waals surface area contributed by atoms with Crippen LogP contribution in [0.5, 0.6) is 0 Å². The molecule has 0 aromatic carbocycles. The van der Waals surface area contributed by atoms with Gasteiger partial charge in [-0.1, -0.05) is 289 Å². The summed E-state index contributed by atoms with van der Waals surface area (Å²) >= 11 is 0. The number of carbonyl (C=O) groups is 1. The maximum absolute atomic E-state index is 12.5. The summed E-state index contributed by atoms with van der Waals surface area (Å²) in [5, 5.41) is 33.8. The fourth-order valence-corrected chi connectivity index (χ4v) is 9.14. The van der Waals surface area contributed by atoms with Gasteiger partial charge in [0.15, 0.2) is 0 Å². The molecule has 5 nitrogen and oxygen atoms in total. The summed E-state index contributed by atoms with van der Waals surface area (Å²) in [5.74, 6) is -0.141. The van der Waals surface area contributed by atoms with Crippen molar-refractivity contribution < 1.29 is 20.1 Å². The van der Waals surface area contributed by atoms with Gasteiger partial charge in [0.25, 0.3) is 0 Å². The van der Waals surface area contributed by atoms with Crippen LogP contribution in [0.4, 0.5) is 0 Å². The fourth-order valence-electron chi connectivity index (χ4n) is 9.14. The SMILES string of the molecule is CCCCCCCCCCC/C=C\C/C=C\CCCCCCCCCCCCCCCC(=O)NC(CO)C(O)C(O)CCCCCCCCCCCCCCCCCCCCCC. The van der Waals surface area contributed by atoms with Crippen molar-refractivity contribution in [3.63, 3.8) is 0 Å². The summed E-state index contributed by atoms with van der Waals surface area (Å²) < 4.78 is 0. The standard InChI is InChI=1S/C58H113NO4/c1-3-5-7-9-11-13-15-17-19-21-23-25-26-27-28-29-30-31-32-33-35-37-39-41-43-45-47-49-51-53-57(62)59-55(54-60)58(63)56(61)52-50-48-46-44-42-40-38-36-34-24-22-20-18-16-14-12-10-8-6-4-2/h23,25,27-28,55-56,58,60-61,63H,3-22,24,26,29-54H2,1-2H3,(H,59,62)/b25-23-,28-27-. The number of hydrogen-bond acceptors (Lipinski definition) is 4. The van der Waals surface area contributed by atoms with Crippen molar-refractivity contribution in [2.75, 3.05) is 6.61 Å². The minimum atomic E-state index is -1.14. The third kappa shape index (κ3) is 48.6. The van der Waals surface area contributed by atoms with E-state index in [1.54, 1.807) is 0 Å². The van der Waals surface area contributed by atoms with Gasteiger partial charge in [0, 0.05) is 6.42 Å². The molecule has 0 spiro atoms.